The Morgan fingerprint density at radius 3 is 2.31 bits per heavy atom. The van der Waals surface area contributed by atoms with Gasteiger partial charge in [0.05, 0.1) is 19.1 Å². The third-order valence-electron chi connectivity index (χ3n) is 6.84. The van der Waals surface area contributed by atoms with Gasteiger partial charge in [-0.1, -0.05) is 6.42 Å². The first-order chi connectivity index (χ1) is 15.3. The highest BCUT2D eigenvalue weighted by Gasteiger charge is 2.42. The molecule has 2 aromatic carbocycles. The van der Waals surface area contributed by atoms with Crippen LogP contribution in [-0.2, 0) is 10.0 Å². The van der Waals surface area contributed by atoms with Crippen LogP contribution >= 0.6 is 0 Å². The lowest BCUT2D eigenvalue weighted by Crippen LogP contribution is -2.40. The normalized spacial score (nSPS) is 23.0. The molecule has 1 amide bonds. The van der Waals surface area contributed by atoms with Crippen LogP contribution in [0.2, 0.25) is 0 Å². The molecule has 0 aromatic heterocycles. The molecule has 0 spiro atoms. The Kier molecular flexibility index (Phi) is 6.44. The summed E-state index contributed by atoms with van der Waals surface area (Å²) in [5.74, 6) is 2.49. The van der Waals surface area contributed by atoms with Crippen molar-refractivity contribution in [2.45, 2.75) is 43.5 Å². The van der Waals surface area contributed by atoms with E-state index in [9.17, 15) is 13.2 Å². The number of hydrogen-bond acceptors (Lipinski definition) is 5. The van der Waals surface area contributed by atoms with Gasteiger partial charge in [0.15, 0.2) is 11.5 Å². The van der Waals surface area contributed by atoms with Crippen molar-refractivity contribution in [3.05, 3.63) is 48.0 Å². The fourth-order valence-electron chi connectivity index (χ4n) is 5.20. The second-order valence-corrected chi connectivity index (χ2v) is 10.5. The van der Waals surface area contributed by atoms with Gasteiger partial charge in [-0.15, -0.1) is 0 Å². The van der Waals surface area contributed by atoms with Crippen LogP contribution in [0.1, 0.15) is 43.0 Å². The summed E-state index contributed by atoms with van der Waals surface area (Å²) in [4.78, 5) is 12.8. The SMILES string of the molecule is COc1ccc(C(=O)Nc2ccc(S(=O)(=O)N[C@H](C)[C@H]3C[C@@H]4CC[C@@H]3C4)cc2)cc1OC. The summed E-state index contributed by atoms with van der Waals surface area (Å²) in [6.07, 6.45) is 4.87. The molecule has 2 aromatic rings. The molecule has 8 heteroatoms. The number of fused-ring (bicyclic) bond motifs is 2. The molecule has 2 saturated carbocycles. The summed E-state index contributed by atoms with van der Waals surface area (Å²) in [6.45, 7) is 1.97. The Hall–Kier alpha value is -2.58. The van der Waals surface area contributed by atoms with Gasteiger partial charge >= 0.3 is 0 Å². The zero-order valence-corrected chi connectivity index (χ0v) is 19.4. The van der Waals surface area contributed by atoms with Gasteiger partial charge in [0.1, 0.15) is 0 Å². The van der Waals surface area contributed by atoms with Gasteiger partial charge in [0.25, 0.3) is 5.91 Å². The molecule has 2 aliphatic rings. The van der Waals surface area contributed by atoms with Crippen LogP contribution in [0, 0.1) is 17.8 Å². The Morgan fingerprint density at radius 1 is 1.00 bits per heavy atom. The number of rotatable bonds is 8. The first kappa shape index (κ1) is 22.6. The number of carbonyl (C=O) groups is 1. The first-order valence-electron chi connectivity index (χ1n) is 11.0. The van der Waals surface area contributed by atoms with Crippen molar-refractivity contribution < 1.29 is 22.7 Å². The summed E-state index contributed by atoms with van der Waals surface area (Å²) in [7, 11) is -0.588. The average molecular weight is 459 g/mol. The molecular formula is C24H30N2O5S. The third-order valence-corrected chi connectivity index (χ3v) is 8.42. The van der Waals surface area contributed by atoms with Crippen molar-refractivity contribution in [1.82, 2.24) is 4.72 Å². The van der Waals surface area contributed by atoms with Crippen LogP contribution < -0.4 is 19.5 Å². The summed E-state index contributed by atoms with van der Waals surface area (Å²) < 4.78 is 39.0. The Morgan fingerprint density at radius 2 is 1.72 bits per heavy atom. The molecular weight excluding hydrogens is 428 g/mol. The second kappa shape index (κ2) is 9.11. The van der Waals surface area contributed by atoms with Crippen LogP contribution in [-0.4, -0.2) is 34.6 Å². The largest absolute Gasteiger partial charge is 0.493 e. The molecule has 0 saturated heterocycles. The highest BCUT2D eigenvalue weighted by atomic mass is 32.2. The molecule has 32 heavy (non-hydrogen) atoms. The number of amides is 1. The minimum atomic E-state index is -3.62. The third kappa shape index (κ3) is 4.61. The zero-order chi connectivity index (χ0) is 22.9. The summed E-state index contributed by atoms with van der Waals surface area (Å²) in [6, 6.07) is 11.0. The van der Waals surface area contributed by atoms with Crippen LogP contribution in [0.25, 0.3) is 0 Å². The van der Waals surface area contributed by atoms with Crippen molar-refractivity contribution in [2.75, 3.05) is 19.5 Å². The highest BCUT2D eigenvalue weighted by Crippen LogP contribution is 2.49. The van der Waals surface area contributed by atoms with Gasteiger partial charge in [-0.05, 0) is 86.4 Å². The molecule has 2 N–H and O–H groups in total. The number of anilines is 1. The van der Waals surface area contributed by atoms with Crippen molar-refractivity contribution in [2.24, 2.45) is 17.8 Å². The Balaban J connectivity index is 1.40. The van der Waals surface area contributed by atoms with E-state index in [2.05, 4.69) is 10.0 Å². The maximum Gasteiger partial charge on any atom is 0.255 e. The van der Waals surface area contributed by atoms with E-state index in [1.54, 1.807) is 30.3 Å². The topological polar surface area (TPSA) is 93.7 Å². The summed E-state index contributed by atoms with van der Waals surface area (Å²) in [5, 5.41) is 2.78. The van der Waals surface area contributed by atoms with Gasteiger partial charge in [-0.25, -0.2) is 13.1 Å². The quantitative estimate of drug-likeness (QED) is 0.622. The predicted molar refractivity (Wildman–Crippen MR) is 123 cm³/mol. The lowest BCUT2D eigenvalue weighted by Gasteiger charge is -2.28. The van der Waals surface area contributed by atoms with E-state index in [-0.39, 0.29) is 16.8 Å². The van der Waals surface area contributed by atoms with Crippen LogP contribution in [0.4, 0.5) is 5.69 Å². The minimum absolute atomic E-state index is 0.0836. The lowest BCUT2D eigenvalue weighted by molar-refractivity contribution is 0.102. The molecule has 4 rings (SSSR count). The molecule has 4 atom stereocenters. The fourth-order valence-corrected chi connectivity index (χ4v) is 6.50. The number of benzene rings is 2. The minimum Gasteiger partial charge on any atom is -0.493 e. The highest BCUT2D eigenvalue weighted by molar-refractivity contribution is 7.89. The Bertz CT molecular complexity index is 1080. The number of carbonyl (C=O) groups excluding carboxylic acids is 1. The monoisotopic (exact) mass is 458 g/mol. The van der Waals surface area contributed by atoms with Crippen LogP contribution in [0.5, 0.6) is 11.5 Å². The van der Waals surface area contributed by atoms with Crippen molar-refractivity contribution in [1.29, 1.82) is 0 Å². The van der Waals surface area contributed by atoms with E-state index in [1.165, 1.54) is 45.6 Å². The average Bonchev–Trinajstić information content (AvgIpc) is 3.42. The van der Waals surface area contributed by atoms with E-state index < -0.39 is 10.0 Å². The molecule has 7 nitrogen and oxygen atoms in total. The molecule has 0 unspecified atom stereocenters. The molecule has 172 valence electrons. The van der Waals surface area contributed by atoms with Gasteiger partial charge < -0.3 is 14.8 Å². The molecule has 2 fully saturated rings. The number of hydrogen-bond donors (Lipinski definition) is 2. The van der Waals surface area contributed by atoms with Gasteiger partial charge in [0, 0.05) is 17.3 Å². The number of nitrogens with one attached hydrogen (secondary N) is 2. The number of methoxy groups -OCH3 is 2. The molecule has 0 aliphatic heterocycles. The van der Waals surface area contributed by atoms with Gasteiger partial charge in [0.2, 0.25) is 10.0 Å². The van der Waals surface area contributed by atoms with Gasteiger partial charge in [-0.2, -0.15) is 0 Å². The smallest absolute Gasteiger partial charge is 0.255 e. The second-order valence-electron chi connectivity index (χ2n) is 8.80. The van der Waals surface area contributed by atoms with Gasteiger partial charge in [-0.3, -0.25) is 4.79 Å². The van der Waals surface area contributed by atoms with E-state index in [4.69, 9.17) is 9.47 Å². The lowest BCUT2D eigenvalue weighted by atomic mass is 9.84. The van der Waals surface area contributed by atoms with Crippen LogP contribution in [0.3, 0.4) is 0 Å². The van der Waals surface area contributed by atoms with E-state index in [1.807, 2.05) is 6.92 Å². The number of sulfonamides is 1. The van der Waals surface area contributed by atoms with Crippen LogP contribution in [0.15, 0.2) is 47.4 Å². The number of ether oxygens (including phenoxy) is 2. The molecule has 0 radical (unpaired) electrons. The summed E-state index contributed by atoms with van der Waals surface area (Å²) >= 11 is 0. The molecule has 2 bridgehead atoms. The van der Waals surface area contributed by atoms with E-state index in [0.29, 0.717) is 34.6 Å². The maximum absolute atomic E-state index is 12.9. The zero-order valence-electron chi connectivity index (χ0n) is 18.6. The standard InChI is InChI=1S/C24H30N2O5S/c1-15(21-13-16-4-5-17(21)12-16)26-32(28,29)20-9-7-19(8-10-20)25-24(27)18-6-11-22(30-2)23(14-18)31-3/h6-11,14-17,21,26H,4-5,12-13H2,1-3H3,(H,25,27)/t15-,16-,17-,21-/m1/s1. The summed E-state index contributed by atoms with van der Waals surface area (Å²) in [5.41, 5.74) is 0.908. The van der Waals surface area contributed by atoms with Crippen molar-refractivity contribution >= 4 is 21.6 Å². The Labute approximate surface area is 189 Å². The maximum atomic E-state index is 12.9. The fraction of sp³-hybridized carbons (Fsp3) is 0.458. The molecule has 2 aliphatic carbocycles. The van der Waals surface area contributed by atoms with E-state index >= 15 is 0 Å². The predicted octanol–water partition coefficient (Wildman–Crippen LogP) is 4.06. The van der Waals surface area contributed by atoms with E-state index in [0.717, 1.165) is 12.3 Å². The molecule has 0 heterocycles. The van der Waals surface area contributed by atoms with Crippen molar-refractivity contribution in [3.63, 3.8) is 0 Å². The first-order valence-corrected chi connectivity index (χ1v) is 12.4. The van der Waals surface area contributed by atoms with Crippen molar-refractivity contribution in [3.8, 4) is 11.5 Å².